The van der Waals surface area contributed by atoms with Crippen LogP contribution in [0.3, 0.4) is 0 Å². The SMILES string of the molecule is FCC1(c2ccccc2Br)CCCC1. The molecule has 0 aromatic heterocycles. The van der Waals surface area contributed by atoms with Crippen molar-refractivity contribution in [1.29, 1.82) is 0 Å². The lowest BCUT2D eigenvalue weighted by atomic mass is 9.80. The summed E-state index contributed by atoms with van der Waals surface area (Å²) >= 11 is 3.52. The molecular formula is C12H14BrF. The fraction of sp³-hybridized carbons (Fsp3) is 0.500. The zero-order valence-corrected chi connectivity index (χ0v) is 9.69. The van der Waals surface area contributed by atoms with Gasteiger partial charge in [0.1, 0.15) is 0 Å². The zero-order valence-electron chi connectivity index (χ0n) is 8.10. The summed E-state index contributed by atoms with van der Waals surface area (Å²) in [7, 11) is 0. The minimum atomic E-state index is -0.227. The molecule has 1 fully saturated rings. The van der Waals surface area contributed by atoms with E-state index >= 15 is 0 Å². The van der Waals surface area contributed by atoms with E-state index in [4.69, 9.17) is 0 Å². The molecule has 14 heavy (non-hydrogen) atoms. The van der Waals surface area contributed by atoms with Gasteiger partial charge in [-0.15, -0.1) is 0 Å². The lowest BCUT2D eigenvalue weighted by molar-refractivity contribution is 0.308. The maximum atomic E-state index is 13.2. The van der Waals surface area contributed by atoms with Crippen LogP contribution in [0.1, 0.15) is 31.2 Å². The van der Waals surface area contributed by atoms with Gasteiger partial charge < -0.3 is 0 Å². The first-order chi connectivity index (χ1) is 6.78. The number of halogens is 2. The number of hydrogen-bond acceptors (Lipinski definition) is 0. The average molecular weight is 257 g/mol. The van der Waals surface area contributed by atoms with Crippen molar-refractivity contribution in [1.82, 2.24) is 0 Å². The largest absolute Gasteiger partial charge is 0.250 e. The van der Waals surface area contributed by atoms with Crippen molar-refractivity contribution in [2.75, 3.05) is 6.67 Å². The van der Waals surface area contributed by atoms with Gasteiger partial charge in [0, 0.05) is 9.89 Å². The fourth-order valence-electron chi connectivity index (χ4n) is 2.42. The lowest BCUT2D eigenvalue weighted by Crippen LogP contribution is -2.25. The molecule has 0 atom stereocenters. The first-order valence-corrected chi connectivity index (χ1v) is 5.89. The summed E-state index contributed by atoms with van der Waals surface area (Å²) in [4.78, 5) is 0. The predicted molar refractivity (Wildman–Crippen MR) is 60.3 cm³/mol. The second-order valence-electron chi connectivity index (χ2n) is 4.10. The van der Waals surface area contributed by atoms with Crippen LogP contribution in [0.15, 0.2) is 28.7 Å². The van der Waals surface area contributed by atoms with Crippen LogP contribution in [0, 0.1) is 0 Å². The molecule has 1 aromatic carbocycles. The molecule has 1 aliphatic rings. The average Bonchev–Trinajstić information content (AvgIpc) is 2.68. The standard InChI is InChI=1S/C12H14BrF/c13-11-6-2-1-5-10(11)12(9-14)7-3-4-8-12/h1-2,5-6H,3-4,7-9H2. The van der Waals surface area contributed by atoms with Crippen LogP contribution in [0.2, 0.25) is 0 Å². The minimum Gasteiger partial charge on any atom is -0.250 e. The van der Waals surface area contributed by atoms with E-state index in [2.05, 4.69) is 22.0 Å². The van der Waals surface area contributed by atoms with E-state index in [-0.39, 0.29) is 12.1 Å². The molecule has 2 heteroatoms. The minimum absolute atomic E-state index is 0.194. The van der Waals surface area contributed by atoms with Crippen molar-refractivity contribution in [3.05, 3.63) is 34.3 Å². The summed E-state index contributed by atoms with van der Waals surface area (Å²) in [6.45, 7) is -0.227. The Labute approximate surface area is 92.6 Å². The number of hydrogen-bond donors (Lipinski definition) is 0. The monoisotopic (exact) mass is 256 g/mol. The van der Waals surface area contributed by atoms with Crippen molar-refractivity contribution in [2.45, 2.75) is 31.1 Å². The summed E-state index contributed by atoms with van der Waals surface area (Å²) < 4.78 is 14.3. The molecule has 1 aromatic rings. The molecule has 0 aliphatic heterocycles. The van der Waals surface area contributed by atoms with Gasteiger partial charge in [0.15, 0.2) is 0 Å². The highest BCUT2D eigenvalue weighted by Crippen LogP contribution is 2.43. The Kier molecular flexibility index (Phi) is 2.91. The number of benzene rings is 1. The Morgan fingerprint density at radius 2 is 1.86 bits per heavy atom. The summed E-state index contributed by atoms with van der Waals surface area (Å²) in [6, 6.07) is 8.03. The molecule has 0 spiro atoms. The molecule has 0 bridgehead atoms. The predicted octanol–water partition coefficient (Wildman–Crippen LogP) is 4.23. The highest BCUT2D eigenvalue weighted by Gasteiger charge is 2.36. The summed E-state index contributed by atoms with van der Waals surface area (Å²) in [6.07, 6.45) is 4.30. The summed E-state index contributed by atoms with van der Waals surface area (Å²) in [5.41, 5.74) is 0.958. The van der Waals surface area contributed by atoms with Gasteiger partial charge in [-0.2, -0.15) is 0 Å². The Morgan fingerprint density at radius 3 is 2.43 bits per heavy atom. The molecule has 0 amide bonds. The second-order valence-corrected chi connectivity index (χ2v) is 4.96. The van der Waals surface area contributed by atoms with Gasteiger partial charge in [0.2, 0.25) is 0 Å². The first kappa shape index (κ1) is 10.2. The third-order valence-corrected chi connectivity index (χ3v) is 3.95. The van der Waals surface area contributed by atoms with E-state index in [9.17, 15) is 4.39 Å². The Bertz CT molecular complexity index is 316. The second kappa shape index (κ2) is 4.01. The van der Waals surface area contributed by atoms with Crippen LogP contribution in [-0.4, -0.2) is 6.67 Å². The molecule has 0 saturated heterocycles. The van der Waals surface area contributed by atoms with Crippen molar-refractivity contribution >= 4 is 15.9 Å². The molecular weight excluding hydrogens is 243 g/mol. The summed E-state index contributed by atoms with van der Waals surface area (Å²) in [5, 5.41) is 0. The fourth-order valence-corrected chi connectivity index (χ4v) is 3.12. The van der Waals surface area contributed by atoms with Crippen LogP contribution in [0.25, 0.3) is 0 Å². The number of rotatable bonds is 2. The van der Waals surface area contributed by atoms with Gasteiger partial charge in [0.05, 0.1) is 6.67 Å². The van der Waals surface area contributed by atoms with Crippen LogP contribution >= 0.6 is 15.9 Å². The van der Waals surface area contributed by atoms with Crippen molar-refractivity contribution in [3.63, 3.8) is 0 Å². The van der Waals surface area contributed by atoms with Crippen molar-refractivity contribution < 1.29 is 4.39 Å². The van der Waals surface area contributed by atoms with Gasteiger partial charge in [0.25, 0.3) is 0 Å². The van der Waals surface area contributed by atoms with Gasteiger partial charge >= 0.3 is 0 Å². The third-order valence-electron chi connectivity index (χ3n) is 3.26. The normalized spacial score (nSPS) is 19.9. The first-order valence-electron chi connectivity index (χ1n) is 5.09. The lowest BCUT2D eigenvalue weighted by Gasteiger charge is -2.27. The quantitative estimate of drug-likeness (QED) is 0.743. The van der Waals surface area contributed by atoms with Crippen LogP contribution < -0.4 is 0 Å². The maximum absolute atomic E-state index is 13.2. The van der Waals surface area contributed by atoms with E-state index in [1.54, 1.807) is 0 Å². The Morgan fingerprint density at radius 1 is 1.21 bits per heavy atom. The smallest absolute Gasteiger partial charge is 0.0991 e. The van der Waals surface area contributed by atoms with Gasteiger partial charge in [-0.3, -0.25) is 4.39 Å². The highest BCUT2D eigenvalue weighted by molar-refractivity contribution is 9.10. The topological polar surface area (TPSA) is 0 Å². The van der Waals surface area contributed by atoms with E-state index in [0.717, 1.165) is 35.7 Å². The Balaban J connectivity index is 2.41. The highest BCUT2D eigenvalue weighted by atomic mass is 79.9. The van der Waals surface area contributed by atoms with Crippen LogP contribution in [0.4, 0.5) is 4.39 Å². The van der Waals surface area contributed by atoms with Gasteiger partial charge in [-0.1, -0.05) is 47.0 Å². The van der Waals surface area contributed by atoms with E-state index in [0.29, 0.717) is 0 Å². The van der Waals surface area contributed by atoms with Crippen molar-refractivity contribution in [2.24, 2.45) is 0 Å². The van der Waals surface area contributed by atoms with E-state index in [1.807, 2.05) is 18.2 Å². The molecule has 0 radical (unpaired) electrons. The van der Waals surface area contributed by atoms with Gasteiger partial charge in [-0.05, 0) is 24.5 Å². The van der Waals surface area contributed by atoms with E-state index in [1.165, 1.54) is 0 Å². The molecule has 0 heterocycles. The summed E-state index contributed by atoms with van der Waals surface area (Å²) in [5.74, 6) is 0. The molecule has 1 saturated carbocycles. The van der Waals surface area contributed by atoms with Crippen molar-refractivity contribution in [3.8, 4) is 0 Å². The molecule has 2 rings (SSSR count). The molecule has 1 aliphatic carbocycles. The Hall–Kier alpha value is -0.370. The maximum Gasteiger partial charge on any atom is 0.0991 e. The molecule has 0 unspecified atom stereocenters. The van der Waals surface area contributed by atoms with E-state index < -0.39 is 0 Å². The number of alkyl halides is 1. The molecule has 0 N–H and O–H groups in total. The van der Waals surface area contributed by atoms with Crippen LogP contribution in [0.5, 0.6) is 0 Å². The van der Waals surface area contributed by atoms with Crippen LogP contribution in [-0.2, 0) is 5.41 Å². The van der Waals surface area contributed by atoms with Gasteiger partial charge in [-0.25, -0.2) is 0 Å². The molecule has 76 valence electrons. The molecule has 0 nitrogen and oxygen atoms in total. The third kappa shape index (κ3) is 1.60. The zero-order chi connectivity index (χ0) is 10.0.